The van der Waals surface area contributed by atoms with Crippen LogP contribution in [0.5, 0.6) is 0 Å². The summed E-state index contributed by atoms with van der Waals surface area (Å²) in [6, 6.07) is 41.5. The molecule has 5 aromatic carbocycles. The molecule has 0 fully saturated rings. The Balaban J connectivity index is 1.38. The normalized spacial score (nSPS) is 11.0. The van der Waals surface area contributed by atoms with Crippen LogP contribution in [0.2, 0.25) is 5.28 Å². The zero-order chi connectivity index (χ0) is 23.6. The maximum atomic E-state index is 6.35. The van der Waals surface area contributed by atoms with Gasteiger partial charge in [-0.25, -0.2) is 4.98 Å². The number of hydrogen-bond acceptors (Lipinski definition) is 3. The molecule has 0 bridgehead atoms. The summed E-state index contributed by atoms with van der Waals surface area (Å²) >= 11 is 6.35. The van der Waals surface area contributed by atoms with Gasteiger partial charge in [-0.2, -0.15) is 9.97 Å². The zero-order valence-corrected chi connectivity index (χ0v) is 19.5. The lowest BCUT2D eigenvalue weighted by Gasteiger charge is -2.09. The first-order chi connectivity index (χ1) is 17.2. The summed E-state index contributed by atoms with van der Waals surface area (Å²) < 4.78 is 0. The standard InChI is InChI=1S/C31H20ClN3/c32-31-34-29(27-13-7-12-23(19-27)21-8-3-1-4-9-21)33-30(35-31)28-17-16-25-18-24(14-15-26(25)20-28)22-10-5-2-6-11-22/h1-20H. The molecule has 0 amide bonds. The fourth-order valence-electron chi connectivity index (χ4n) is 4.27. The fourth-order valence-corrected chi connectivity index (χ4v) is 4.43. The van der Waals surface area contributed by atoms with E-state index in [1.165, 1.54) is 11.1 Å². The van der Waals surface area contributed by atoms with E-state index in [2.05, 4.69) is 88.8 Å². The van der Waals surface area contributed by atoms with Crippen molar-refractivity contribution in [3.05, 3.63) is 127 Å². The lowest BCUT2D eigenvalue weighted by molar-refractivity contribution is 1.07. The molecule has 0 radical (unpaired) electrons. The Bertz CT molecular complexity index is 1650. The van der Waals surface area contributed by atoms with Gasteiger partial charge in [-0.15, -0.1) is 0 Å². The van der Waals surface area contributed by atoms with Crippen LogP contribution in [0.4, 0.5) is 0 Å². The van der Waals surface area contributed by atoms with Gasteiger partial charge in [-0.1, -0.05) is 103 Å². The predicted molar refractivity (Wildman–Crippen MR) is 144 cm³/mol. The van der Waals surface area contributed by atoms with Crippen molar-refractivity contribution in [3.8, 4) is 45.0 Å². The number of aromatic nitrogens is 3. The van der Waals surface area contributed by atoms with E-state index in [0.29, 0.717) is 11.6 Å². The van der Waals surface area contributed by atoms with Crippen LogP contribution < -0.4 is 0 Å². The second kappa shape index (κ2) is 9.13. The minimum Gasteiger partial charge on any atom is -0.208 e. The van der Waals surface area contributed by atoms with Gasteiger partial charge in [-0.3, -0.25) is 0 Å². The molecule has 0 aliphatic heterocycles. The molecule has 4 heteroatoms. The first-order valence-electron chi connectivity index (χ1n) is 11.4. The largest absolute Gasteiger partial charge is 0.226 e. The highest BCUT2D eigenvalue weighted by atomic mass is 35.5. The Morgan fingerprint density at radius 3 is 1.46 bits per heavy atom. The van der Waals surface area contributed by atoms with Gasteiger partial charge in [0.05, 0.1) is 0 Å². The van der Waals surface area contributed by atoms with Gasteiger partial charge in [0, 0.05) is 11.1 Å². The third kappa shape index (κ3) is 4.42. The molecule has 0 saturated carbocycles. The van der Waals surface area contributed by atoms with Gasteiger partial charge in [0.1, 0.15) is 0 Å². The average Bonchev–Trinajstić information content (AvgIpc) is 2.93. The molecule has 0 saturated heterocycles. The third-order valence-electron chi connectivity index (χ3n) is 6.04. The van der Waals surface area contributed by atoms with Crippen molar-refractivity contribution in [2.45, 2.75) is 0 Å². The van der Waals surface area contributed by atoms with Gasteiger partial charge in [0.2, 0.25) is 5.28 Å². The smallest absolute Gasteiger partial charge is 0.208 e. The molecule has 0 aliphatic rings. The molecule has 166 valence electrons. The van der Waals surface area contributed by atoms with E-state index in [0.717, 1.165) is 33.0 Å². The van der Waals surface area contributed by atoms with Crippen LogP contribution in [0.15, 0.2) is 121 Å². The fraction of sp³-hybridized carbons (Fsp3) is 0. The summed E-state index contributed by atoms with van der Waals surface area (Å²) in [6.45, 7) is 0. The van der Waals surface area contributed by atoms with Crippen LogP contribution in [0.25, 0.3) is 55.8 Å². The number of benzene rings is 5. The monoisotopic (exact) mass is 469 g/mol. The Morgan fingerprint density at radius 1 is 0.371 bits per heavy atom. The predicted octanol–water partition coefficient (Wildman–Crippen LogP) is 8.35. The molecule has 1 aromatic heterocycles. The van der Waals surface area contributed by atoms with E-state index < -0.39 is 0 Å². The molecule has 0 unspecified atom stereocenters. The maximum Gasteiger partial charge on any atom is 0.226 e. The molecular formula is C31H20ClN3. The summed E-state index contributed by atoms with van der Waals surface area (Å²) in [7, 11) is 0. The average molecular weight is 470 g/mol. The van der Waals surface area contributed by atoms with E-state index in [1.54, 1.807) is 0 Å². The van der Waals surface area contributed by atoms with Gasteiger partial charge in [0.25, 0.3) is 0 Å². The highest BCUT2D eigenvalue weighted by Gasteiger charge is 2.11. The molecule has 0 atom stereocenters. The van der Waals surface area contributed by atoms with Crippen LogP contribution in [-0.4, -0.2) is 15.0 Å². The second-order valence-corrected chi connectivity index (χ2v) is 8.68. The highest BCUT2D eigenvalue weighted by molar-refractivity contribution is 6.28. The van der Waals surface area contributed by atoms with Gasteiger partial charge >= 0.3 is 0 Å². The van der Waals surface area contributed by atoms with Crippen molar-refractivity contribution < 1.29 is 0 Å². The first kappa shape index (κ1) is 21.2. The first-order valence-corrected chi connectivity index (χ1v) is 11.8. The summed E-state index contributed by atoms with van der Waals surface area (Å²) in [4.78, 5) is 13.6. The van der Waals surface area contributed by atoms with Gasteiger partial charge in [0.15, 0.2) is 11.6 Å². The van der Waals surface area contributed by atoms with Gasteiger partial charge in [-0.05, 0) is 62.8 Å². The SMILES string of the molecule is Clc1nc(-c2cccc(-c3ccccc3)c2)nc(-c2ccc3cc(-c4ccccc4)ccc3c2)n1. The minimum absolute atomic E-state index is 0.176. The van der Waals surface area contributed by atoms with Crippen molar-refractivity contribution >= 4 is 22.4 Å². The van der Waals surface area contributed by atoms with Crippen LogP contribution in [0.1, 0.15) is 0 Å². The molecule has 0 N–H and O–H groups in total. The van der Waals surface area contributed by atoms with Crippen LogP contribution in [-0.2, 0) is 0 Å². The Kier molecular flexibility index (Phi) is 5.53. The topological polar surface area (TPSA) is 38.7 Å². The quantitative estimate of drug-likeness (QED) is 0.260. The third-order valence-corrected chi connectivity index (χ3v) is 6.21. The molecule has 1 heterocycles. The molecular weight excluding hydrogens is 450 g/mol. The van der Waals surface area contributed by atoms with Crippen LogP contribution >= 0.6 is 11.6 Å². The number of hydrogen-bond donors (Lipinski definition) is 0. The summed E-state index contributed by atoms with van der Waals surface area (Å²) in [6.07, 6.45) is 0. The molecule has 35 heavy (non-hydrogen) atoms. The molecule has 6 rings (SSSR count). The number of nitrogens with zero attached hydrogens (tertiary/aromatic N) is 3. The lowest BCUT2D eigenvalue weighted by atomic mass is 10.00. The lowest BCUT2D eigenvalue weighted by Crippen LogP contribution is -1.97. The summed E-state index contributed by atoms with van der Waals surface area (Å²) in [5, 5.41) is 2.45. The van der Waals surface area contributed by atoms with E-state index in [9.17, 15) is 0 Å². The zero-order valence-electron chi connectivity index (χ0n) is 18.8. The second-order valence-electron chi connectivity index (χ2n) is 8.34. The molecule has 0 spiro atoms. The van der Waals surface area contributed by atoms with Crippen molar-refractivity contribution in [1.29, 1.82) is 0 Å². The van der Waals surface area contributed by atoms with E-state index >= 15 is 0 Å². The van der Waals surface area contributed by atoms with E-state index in [-0.39, 0.29) is 5.28 Å². The Hall–Kier alpha value is -4.34. The van der Waals surface area contributed by atoms with Crippen molar-refractivity contribution in [3.63, 3.8) is 0 Å². The number of halogens is 1. The van der Waals surface area contributed by atoms with Crippen molar-refractivity contribution in [2.75, 3.05) is 0 Å². The maximum absolute atomic E-state index is 6.35. The highest BCUT2D eigenvalue weighted by Crippen LogP contribution is 2.29. The number of fused-ring (bicyclic) bond motifs is 1. The summed E-state index contributed by atoms with van der Waals surface area (Å²) in [5.41, 5.74) is 6.42. The Labute approximate surface area is 208 Å². The Morgan fingerprint density at radius 2 is 0.829 bits per heavy atom. The van der Waals surface area contributed by atoms with Crippen LogP contribution in [0, 0.1) is 0 Å². The van der Waals surface area contributed by atoms with E-state index in [1.807, 2.05) is 42.5 Å². The molecule has 6 aromatic rings. The molecule has 3 nitrogen and oxygen atoms in total. The van der Waals surface area contributed by atoms with Gasteiger partial charge < -0.3 is 0 Å². The minimum atomic E-state index is 0.176. The van der Waals surface area contributed by atoms with Crippen molar-refractivity contribution in [1.82, 2.24) is 15.0 Å². The van der Waals surface area contributed by atoms with Crippen molar-refractivity contribution in [2.24, 2.45) is 0 Å². The van der Waals surface area contributed by atoms with Crippen LogP contribution in [0.3, 0.4) is 0 Å². The summed E-state index contributed by atoms with van der Waals surface area (Å²) in [5.74, 6) is 1.11. The number of rotatable bonds is 4. The van der Waals surface area contributed by atoms with E-state index in [4.69, 9.17) is 16.6 Å². The molecule has 0 aliphatic carbocycles.